The number of aryl methyl sites for hydroxylation is 1. The summed E-state index contributed by atoms with van der Waals surface area (Å²) in [6, 6.07) is 7.45. The predicted molar refractivity (Wildman–Crippen MR) is 112 cm³/mol. The Bertz CT molecular complexity index is 1200. The Morgan fingerprint density at radius 3 is 2.77 bits per heavy atom. The van der Waals surface area contributed by atoms with E-state index < -0.39 is 16.1 Å². The van der Waals surface area contributed by atoms with Crippen molar-refractivity contribution in [1.29, 1.82) is 0 Å². The highest BCUT2D eigenvalue weighted by Gasteiger charge is 2.36. The molecule has 0 saturated carbocycles. The van der Waals surface area contributed by atoms with Gasteiger partial charge in [-0.2, -0.15) is 0 Å². The highest BCUT2D eigenvalue weighted by molar-refractivity contribution is 7.91. The third-order valence-electron chi connectivity index (χ3n) is 4.64. The summed E-state index contributed by atoms with van der Waals surface area (Å²) >= 11 is 0.945. The van der Waals surface area contributed by atoms with Gasteiger partial charge in [0.15, 0.2) is 9.34 Å². The molecule has 0 saturated heterocycles. The van der Waals surface area contributed by atoms with Crippen LogP contribution in [0.1, 0.15) is 36.8 Å². The highest BCUT2D eigenvalue weighted by Crippen LogP contribution is 2.36. The van der Waals surface area contributed by atoms with Crippen molar-refractivity contribution in [1.82, 2.24) is 19.3 Å². The molecule has 1 unspecified atom stereocenters. The first-order chi connectivity index (χ1) is 14.3. The number of sulfonamides is 1. The molecule has 1 atom stereocenters. The van der Waals surface area contributed by atoms with Crippen LogP contribution in [0, 0.1) is 6.92 Å². The molecule has 0 bridgehead atoms. The number of aromatic nitrogens is 3. The van der Waals surface area contributed by atoms with Crippen molar-refractivity contribution < 1.29 is 17.9 Å². The minimum Gasteiger partial charge on any atom is -0.426 e. The van der Waals surface area contributed by atoms with Gasteiger partial charge in [-0.15, -0.1) is 0 Å². The smallest absolute Gasteiger partial charge is 0.302 e. The number of hydrogen-bond acceptors (Lipinski definition) is 7. The molecule has 2 N–H and O–H groups in total. The van der Waals surface area contributed by atoms with E-state index in [4.69, 9.17) is 4.74 Å². The second-order valence-electron chi connectivity index (χ2n) is 6.94. The lowest BCUT2D eigenvalue weighted by Gasteiger charge is -2.23. The zero-order chi connectivity index (χ0) is 21.5. The van der Waals surface area contributed by atoms with Crippen molar-refractivity contribution in [3.8, 4) is 11.8 Å². The summed E-state index contributed by atoms with van der Waals surface area (Å²) in [7, 11) is -3.76. The summed E-state index contributed by atoms with van der Waals surface area (Å²) in [5.41, 5.74) is 2.23. The van der Waals surface area contributed by atoms with E-state index in [2.05, 4.69) is 20.0 Å². The number of rotatable bonds is 5. The summed E-state index contributed by atoms with van der Waals surface area (Å²) in [5, 5.41) is 2.82. The Morgan fingerprint density at radius 2 is 2.10 bits per heavy atom. The number of hydrogen-bond donors (Lipinski definition) is 2. The SMILES string of the molecule is CCn1c(C2Cc3nc(NC(C)=O)sc3S(=O)(=O)N2)cnc1Oc1ccc(C)cc1. The lowest BCUT2D eigenvalue weighted by Crippen LogP contribution is -2.35. The first-order valence-electron chi connectivity index (χ1n) is 9.36. The Balaban J connectivity index is 1.64. The Kier molecular flexibility index (Phi) is 5.35. The molecule has 1 aliphatic rings. The van der Waals surface area contributed by atoms with E-state index in [1.54, 1.807) is 6.20 Å². The summed E-state index contributed by atoms with van der Waals surface area (Å²) in [4.78, 5) is 20.0. The molecule has 2 aromatic heterocycles. The monoisotopic (exact) mass is 447 g/mol. The fraction of sp³-hybridized carbons (Fsp3) is 0.316. The van der Waals surface area contributed by atoms with Gasteiger partial charge in [-0.1, -0.05) is 29.0 Å². The van der Waals surface area contributed by atoms with E-state index in [0.29, 0.717) is 36.1 Å². The molecule has 0 spiro atoms. The van der Waals surface area contributed by atoms with Crippen molar-refractivity contribution >= 4 is 32.4 Å². The van der Waals surface area contributed by atoms with Gasteiger partial charge in [0.05, 0.1) is 23.6 Å². The van der Waals surface area contributed by atoms with Crippen molar-refractivity contribution in [2.24, 2.45) is 0 Å². The summed E-state index contributed by atoms with van der Waals surface area (Å²) in [6.07, 6.45) is 1.96. The van der Waals surface area contributed by atoms with Crippen LogP contribution >= 0.6 is 11.3 Å². The van der Waals surface area contributed by atoms with E-state index in [1.165, 1.54) is 6.92 Å². The molecule has 3 heterocycles. The van der Waals surface area contributed by atoms with E-state index in [-0.39, 0.29) is 15.2 Å². The van der Waals surface area contributed by atoms with Gasteiger partial charge in [-0.25, -0.2) is 23.1 Å². The predicted octanol–water partition coefficient (Wildman–Crippen LogP) is 2.99. The van der Waals surface area contributed by atoms with Gasteiger partial charge in [0.2, 0.25) is 5.91 Å². The number of carbonyl (C=O) groups excluding carboxylic acids is 1. The van der Waals surface area contributed by atoms with Crippen molar-refractivity contribution in [3.05, 3.63) is 47.4 Å². The Hall–Kier alpha value is -2.76. The van der Waals surface area contributed by atoms with Crippen LogP contribution in [0.3, 0.4) is 0 Å². The van der Waals surface area contributed by atoms with Crippen LogP contribution in [0.25, 0.3) is 0 Å². The molecule has 9 nitrogen and oxygen atoms in total. The van der Waals surface area contributed by atoms with Crippen LogP contribution in [0.5, 0.6) is 11.8 Å². The first kappa shape index (κ1) is 20.5. The Labute approximate surface area is 178 Å². The van der Waals surface area contributed by atoms with Gasteiger partial charge in [-0.05, 0) is 26.0 Å². The minimum atomic E-state index is -3.76. The number of anilines is 1. The van der Waals surface area contributed by atoms with E-state index in [1.807, 2.05) is 42.7 Å². The maximum Gasteiger partial charge on any atom is 0.302 e. The maximum absolute atomic E-state index is 12.8. The van der Waals surface area contributed by atoms with Gasteiger partial charge in [0, 0.05) is 19.9 Å². The normalized spacial score (nSPS) is 17.4. The molecule has 1 aliphatic heterocycles. The average Bonchev–Trinajstić information content (AvgIpc) is 3.26. The Morgan fingerprint density at radius 1 is 1.37 bits per heavy atom. The topological polar surface area (TPSA) is 115 Å². The van der Waals surface area contributed by atoms with Crippen molar-refractivity contribution in [2.45, 2.75) is 44.0 Å². The number of carbonyl (C=O) groups is 1. The first-order valence-corrected chi connectivity index (χ1v) is 11.7. The number of thiazole rings is 1. The number of imidazole rings is 1. The highest BCUT2D eigenvalue weighted by atomic mass is 32.2. The van der Waals surface area contributed by atoms with Crippen LogP contribution < -0.4 is 14.8 Å². The average molecular weight is 448 g/mol. The minimum absolute atomic E-state index is 0.126. The third-order valence-corrected chi connectivity index (χ3v) is 7.67. The fourth-order valence-corrected chi connectivity index (χ4v) is 6.00. The van der Waals surface area contributed by atoms with Gasteiger partial charge in [0.1, 0.15) is 5.75 Å². The van der Waals surface area contributed by atoms with Gasteiger partial charge in [-0.3, -0.25) is 9.36 Å². The molecule has 1 aromatic carbocycles. The largest absolute Gasteiger partial charge is 0.426 e. The molecule has 158 valence electrons. The maximum atomic E-state index is 12.8. The van der Waals surface area contributed by atoms with Gasteiger partial charge in [0.25, 0.3) is 10.0 Å². The number of ether oxygens (including phenoxy) is 1. The van der Waals surface area contributed by atoms with Crippen molar-refractivity contribution in [2.75, 3.05) is 5.32 Å². The molecular formula is C19H21N5O4S2. The number of amides is 1. The van der Waals surface area contributed by atoms with E-state index in [9.17, 15) is 13.2 Å². The second-order valence-corrected chi connectivity index (χ2v) is 9.85. The molecular weight excluding hydrogens is 426 g/mol. The summed E-state index contributed by atoms with van der Waals surface area (Å²) in [5.74, 6) is 0.350. The summed E-state index contributed by atoms with van der Waals surface area (Å²) in [6.45, 7) is 5.84. The fourth-order valence-electron chi connectivity index (χ4n) is 3.28. The summed E-state index contributed by atoms with van der Waals surface area (Å²) < 4.78 is 36.1. The molecule has 11 heteroatoms. The van der Waals surface area contributed by atoms with E-state index in [0.717, 1.165) is 16.9 Å². The van der Waals surface area contributed by atoms with Gasteiger partial charge < -0.3 is 10.1 Å². The molecule has 0 aliphatic carbocycles. The zero-order valence-corrected chi connectivity index (χ0v) is 18.3. The van der Waals surface area contributed by atoms with Crippen molar-refractivity contribution in [3.63, 3.8) is 0 Å². The third kappa shape index (κ3) is 3.95. The van der Waals surface area contributed by atoms with Crippen LogP contribution in [0.15, 0.2) is 34.7 Å². The lowest BCUT2D eigenvalue weighted by molar-refractivity contribution is -0.114. The standard InChI is InChI=1S/C19H21N5O4S2/c1-4-24-16(10-20-19(24)28-13-7-5-11(2)6-8-13)14-9-15-17(30(26,27)23-14)29-18(22-15)21-12(3)25/h5-8,10,14,23H,4,9H2,1-3H3,(H,21,22,25). The number of fused-ring (bicyclic) bond motifs is 1. The molecule has 1 amide bonds. The molecule has 30 heavy (non-hydrogen) atoms. The van der Waals surface area contributed by atoms with E-state index >= 15 is 0 Å². The zero-order valence-electron chi connectivity index (χ0n) is 16.7. The second kappa shape index (κ2) is 7.82. The van der Waals surface area contributed by atoms with Crippen LogP contribution in [0.4, 0.5) is 5.13 Å². The molecule has 4 rings (SSSR count). The van der Waals surface area contributed by atoms with Crippen LogP contribution in [-0.2, 0) is 27.8 Å². The number of benzene rings is 1. The molecule has 0 radical (unpaired) electrons. The molecule has 0 fully saturated rings. The number of nitrogens with zero attached hydrogens (tertiary/aromatic N) is 3. The van der Waals surface area contributed by atoms with Crippen LogP contribution in [-0.4, -0.2) is 28.9 Å². The lowest BCUT2D eigenvalue weighted by atomic mass is 10.1. The van der Waals surface area contributed by atoms with Crippen LogP contribution in [0.2, 0.25) is 0 Å². The number of nitrogens with one attached hydrogen (secondary N) is 2. The molecule has 3 aromatic rings. The quantitative estimate of drug-likeness (QED) is 0.621. The van der Waals surface area contributed by atoms with Gasteiger partial charge >= 0.3 is 6.01 Å².